The number of hydrogen-bond donors (Lipinski definition) is 4. The molecular weight excluding hydrogens is 807 g/mol. The van der Waals surface area contributed by atoms with Crippen LogP contribution in [0.5, 0.6) is 28.7 Å². The Morgan fingerprint density at radius 3 is 2.08 bits per heavy atom. The number of carbonyl (C=O) groups is 2. The van der Waals surface area contributed by atoms with Gasteiger partial charge in [0.25, 0.3) is 0 Å². The van der Waals surface area contributed by atoms with Crippen molar-refractivity contribution in [2.45, 2.75) is 97.0 Å². The first-order chi connectivity index (χ1) is 29.6. The van der Waals surface area contributed by atoms with E-state index in [1.54, 1.807) is 39.5 Å². The highest BCUT2D eigenvalue weighted by atomic mass is 32.2. The summed E-state index contributed by atoms with van der Waals surface area (Å²) >= 11 is 1.55. The molecule has 4 atom stereocenters. The lowest BCUT2D eigenvalue weighted by Gasteiger charge is -2.47. The summed E-state index contributed by atoms with van der Waals surface area (Å²) in [6.45, 7) is 13.1. The van der Waals surface area contributed by atoms with Gasteiger partial charge in [-0.25, -0.2) is 9.59 Å². The van der Waals surface area contributed by atoms with E-state index in [9.17, 15) is 24.9 Å². The van der Waals surface area contributed by atoms with Crippen LogP contribution in [0.25, 0.3) is 11.1 Å². The molecule has 3 aliphatic rings. The maximum atomic E-state index is 14.4. The second kappa shape index (κ2) is 19.1. The van der Waals surface area contributed by atoms with Gasteiger partial charge in [0.1, 0.15) is 24.0 Å². The van der Waals surface area contributed by atoms with Gasteiger partial charge >= 0.3 is 12.1 Å². The summed E-state index contributed by atoms with van der Waals surface area (Å²) < 4.78 is 23.1. The number of methoxy groups -OCH3 is 2. The summed E-state index contributed by atoms with van der Waals surface area (Å²) in [5, 5.41) is 38.2. The number of benzene rings is 4. The Morgan fingerprint density at radius 1 is 0.903 bits per heavy atom. The highest BCUT2D eigenvalue weighted by Crippen LogP contribution is 2.54. The first kappa shape index (κ1) is 46.4. The zero-order valence-corrected chi connectivity index (χ0v) is 38.7. The maximum Gasteiger partial charge on any atom is 0.408 e. The van der Waals surface area contributed by atoms with Crippen molar-refractivity contribution in [3.8, 4) is 39.9 Å². The first-order valence-electron chi connectivity index (χ1n) is 21.4. The van der Waals surface area contributed by atoms with Crippen LogP contribution in [0.2, 0.25) is 0 Å². The standard InChI is InChI=1S/C47H57N3O9S.C2H6/c1-25-20-27-18-19-50-35(39(49(6)7)37(27)41(52)43(25)56-8)21-32-38(42(53)44(57-9)26(2)40(32)51)36(50)22-58-45(54)34(48-46(55)59-47(3,4)5)24-60-23-33-30-16-12-10-14-28(30)29-15-11-13-17-31(29)33;1-2/h10-17,20,33-36,39,51-53H,18-19,21-24H2,1-9H3,(H,48,55);1-2H3. The zero-order chi connectivity index (χ0) is 45.2. The molecule has 0 aromatic heterocycles. The van der Waals surface area contributed by atoms with E-state index < -0.39 is 35.8 Å². The molecule has 1 amide bonds. The normalized spacial score (nSPS) is 18.4. The Morgan fingerprint density at radius 2 is 1.50 bits per heavy atom. The molecule has 334 valence electrons. The van der Waals surface area contributed by atoms with Crippen molar-refractivity contribution in [2.24, 2.45) is 0 Å². The molecule has 1 aliphatic carbocycles. The fraction of sp³-hybridized carbons (Fsp3) is 0.469. The fourth-order valence-electron chi connectivity index (χ4n) is 9.56. The number of hydrogen-bond acceptors (Lipinski definition) is 12. The van der Waals surface area contributed by atoms with Gasteiger partial charge in [0.2, 0.25) is 0 Å². The molecule has 4 aromatic carbocycles. The average Bonchev–Trinajstić information content (AvgIpc) is 3.44. The molecule has 4 N–H and O–H groups in total. The SMILES string of the molecule is CC.COc1c(C)cc2c(c1O)C(N(C)C)C1Cc3c(O)c(C)c(OC)c(O)c3C(COC(=O)C(CSCC3c4ccccc4-c4ccccc43)NC(=O)OC(C)(C)C)N1CC2. The molecule has 62 heavy (non-hydrogen) atoms. The van der Waals surface area contributed by atoms with Gasteiger partial charge in [0, 0.05) is 52.3 Å². The highest BCUT2D eigenvalue weighted by Gasteiger charge is 2.47. The number of thioether (sulfide) groups is 1. The molecule has 2 aliphatic heterocycles. The number of phenolic OH excluding ortho intramolecular Hbond substituents is 3. The number of likely N-dealkylation sites (N-methyl/N-ethyl adjacent to an activating group) is 1. The van der Waals surface area contributed by atoms with Crippen LogP contribution in [0.1, 0.15) is 97.1 Å². The van der Waals surface area contributed by atoms with Crippen LogP contribution in [0, 0.1) is 13.8 Å². The minimum atomic E-state index is -1.07. The summed E-state index contributed by atoms with van der Waals surface area (Å²) in [7, 11) is 6.86. The van der Waals surface area contributed by atoms with Crippen LogP contribution in [-0.4, -0.2) is 108 Å². The molecule has 4 aromatic rings. The third kappa shape index (κ3) is 8.89. The summed E-state index contributed by atoms with van der Waals surface area (Å²) in [4.78, 5) is 31.8. The van der Waals surface area contributed by atoms with Gasteiger partial charge in [-0.1, -0.05) is 68.4 Å². The van der Waals surface area contributed by atoms with Gasteiger partial charge in [0.05, 0.1) is 26.3 Å². The topological polar surface area (TPSA) is 150 Å². The lowest BCUT2D eigenvalue weighted by atomic mass is 9.81. The van der Waals surface area contributed by atoms with Crippen molar-refractivity contribution < 1.29 is 43.9 Å². The van der Waals surface area contributed by atoms with Crippen molar-refractivity contribution in [2.75, 3.05) is 53.0 Å². The van der Waals surface area contributed by atoms with Crippen molar-refractivity contribution in [3.63, 3.8) is 0 Å². The van der Waals surface area contributed by atoms with E-state index in [-0.39, 0.29) is 47.3 Å². The van der Waals surface area contributed by atoms with E-state index in [0.29, 0.717) is 47.6 Å². The van der Waals surface area contributed by atoms with Gasteiger partial charge in [0.15, 0.2) is 23.0 Å². The van der Waals surface area contributed by atoms with Gasteiger partial charge < -0.3 is 44.5 Å². The van der Waals surface area contributed by atoms with E-state index in [4.69, 9.17) is 18.9 Å². The minimum Gasteiger partial charge on any atom is -0.507 e. The molecule has 12 nitrogen and oxygen atoms in total. The molecule has 0 fully saturated rings. The highest BCUT2D eigenvalue weighted by molar-refractivity contribution is 7.99. The third-order valence-electron chi connectivity index (χ3n) is 12.1. The second-order valence-electron chi connectivity index (χ2n) is 17.2. The number of fused-ring (bicyclic) bond motifs is 6. The van der Waals surface area contributed by atoms with Gasteiger partial charge in [-0.3, -0.25) is 4.90 Å². The van der Waals surface area contributed by atoms with Crippen LogP contribution in [-0.2, 0) is 27.1 Å². The predicted octanol–water partition coefficient (Wildman–Crippen LogP) is 8.57. The average molecular weight is 870 g/mol. The molecular formula is C49H63N3O9S. The monoisotopic (exact) mass is 869 g/mol. The van der Waals surface area contributed by atoms with Crippen molar-refractivity contribution in [1.29, 1.82) is 0 Å². The maximum absolute atomic E-state index is 14.4. The molecule has 0 spiro atoms. The van der Waals surface area contributed by atoms with Gasteiger partial charge in [-0.05, 0) is 94.9 Å². The Hall–Kier alpha value is -5.11. The van der Waals surface area contributed by atoms with Crippen LogP contribution in [0.3, 0.4) is 0 Å². The Bertz CT molecular complexity index is 2240. The lowest BCUT2D eigenvalue weighted by molar-refractivity contribution is -0.148. The summed E-state index contributed by atoms with van der Waals surface area (Å²) in [6, 6.07) is 16.2. The summed E-state index contributed by atoms with van der Waals surface area (Å²) in [6.07, 6.45) is 0.114. The summed E-state index contributed by atoms with van der Waals surface area (Å²) in [5.41, 5.74) is 7.84. The lowest BCUT2D eigenvalue weighted by Crippen LogP contribution is -2.51. The predicted molar refractivity (Wildman–Crippen MR) is 244 cm³/mol. The molecule has 0 saturated carbocycles. The largest absolute Gasteiger partial charge is 0.507 e. The number of aryl methyl sites for hydroxylation is 1. The number of nitrogens with one attached hydrogen (secondary N) is 1. The molecule has 2 heterocycles. The molecule has 0 radical (unpaired) electrons. The number of alkyl carbamates (subject to hydrolysis) is 1. The number of nitrogens with zero attached hydrogens (tertiary/aromatic N) is 2. The van der Waals surface area contributed by atoms with E-state index >= 15 is 0 Å². The Labute approximate surface area is 370 Å². The number of carbonyl (C=O) groups excluding carboxylic acids is 2. The number of esters is 1. The van der Waals surface area contributed by atoms with Crippen LogP contribution < -0.4 is 14.8 Å². The second-order valence-corrected chi connectivity index (χ2v) is 18.2. The smallest absolute Gasteiger partial charge is 0.408 e. The third-order valence-corrected chi connectivity index (χ3v) is 13.2. The number of rotatable bonds is 11. The molecule has 13 heteroatoms. The van der Waals surface area contributed by atoms with Gasteiger partial charge in [-0.2, -0.15) is 11.8 Å². The minimum absolute atomic E-state index is 0.0146. The van der Waals surface area contributed by atoms with Gasteiger partial charge in [-0.15, -0.1) is 0 Å². The molecule has 4 unspecified atom stereocenters. The number of amides is 1. The van der Waals surface area contributed by atoms with E-state index in [2.05, 4.69) is 34.5 Å². The number of phenols is 3. The molecule has 7 rings (SSSR count). The molecule has 0 bridgehead atoms. The van der Waals surface area contributed by atoms with E-state index in [1.165, 1.54) is 36.5 Å². The Balaban J connectivity index is 0.00000316. The quantitative estimate of drug-likeness (QED) is 0.0845. The van der Waals surface area contributed by atoms with Crippen molar-refractivity contribution >= 4 is 23.8 Å². The van der Waals surface area contributed by atoms with E-state index in [0.717, 1.165) is 16.7 Å². The van der Waals surface area contributed by atoms with E-state index in [1.807, 2.05) is 70.1 Å². The first-order valence-corrected chi connectivity index (χ1v) is 22.6. The van der Waals surface area contributed by atoms with Crippen molar-refractivity contribution in [1.82, 2.24) is 15.1 Å². The van der Waals surface area contributed by atoms with Crippen LogP contribution in [0.15, 0.2) is 54.6 Å². The number of ether oxygens (including phenoxy) is 4. The van der Waals surface area contributed by atoms with Crippen LogP contribution in [0.4, 0.5) is 4.79 Å². The van der Waals surface area contributed by atoms with Crippen LogP contribution >= 0.6 is 11.8 Å². The zero-order valence-electron chi connectivity index (χ0n) is 37.9. The van der Waals surface area contributed by atoms with Crippen molar-refractivity contribution in [3.05, 3.63) is 99.1 Å². The Kier molecular flexibility index (Phi) is 14.3. The fourth-order valence-corrected chi connectivity index (χ4v) is 10.8. The molecule has 0 saturated heterocycles. The number of aromatic hydroxyl groups is 3. The summed E-state index contributed by atoms with van der Waals surface area (Å²) in [5.74, 6) is 0.771.